The summed E-state index contributed by atoms with van der Waals surface area (Å²) in [6.07, 6.45) is -8.03. The molecule has 0 bridgehead atoms. The SMILES string of the molecule is Cc1ccc(C(=O)OC(CS(=O)(=O)O)C(F)(F)F)cc1. The standard InChI is InChI=1S/C11H11F3O5S/c1-7-2-4-8(5-3-7)10(15)19-9(11(12,13)14)6-20(16,17)18/h2-5,9H,6H2,1H3,(H,16,17,18). The van der Waals surface area contributed by atoms with E-state index in [0.717, 1.165) is 5.56 Å². The Hall–Kier alpha value is -1.61. The van der Waals surface area contributed by atoms with Crippen LogP contribution >= 0.6 is 0 Å². The summed E-state index contributed by atoms with van der Waals surface area (Å²) in [5, 5.41) is 0. The molecule has 0 aromatic heterocycles. The summed E-state index contributed by atoms with van der Waals surface area (Å²) in [6.45, 7) is 1.71. The van der Waals surface area contributed by atoms with Crippen LogP contribution in [0.25, 0.3) is 0 Å². The minimum Gasteiger partial charge on any atom is -0.448 e. The average molecular weight is 312 g/mol. The van der Waals surface area contributed by atoms with E-state index >= 15 is 0 Å². The number of rotatable bonds is 4. The molecule has 112 valence electrons. The molecule has 0 amide bonds. The normalized spacial score (nSPS) is 13.8. The summed E-state index contributed by atoms with van der Waals surface area (Å²) >= 11 is 0. The molecule has 0 saturated carbocycles. The lowest BCUT2D eigenvalue weighted by Crippen LogP contribution is -2.39. The third-order valence-electron chi connectivity index (χ3n) is 2.26. The van der Waals surface area contributed by atoms with E-state index in [1.807, 2.05) is 0 Å². The Morgan fingerprint density at radius 2 is 1.80 bits per heavy atom. The van der Waals surface area contributed by atoms with Crippen molar-refractivity contribution in [3.63, 3.8) is 0 Å². The van der Waals surface area contributed by atoms with Crippen molar-refractivity contribution in [1.29, 1.82) is 0 Å². The van der Waals surface area contributed by atoms with Crippen molar-refractivity contribution < 1.29 is 35.7 Å². The van der Waals surface area contributed by atoms with Gasteiger partial charge in [0.2, 0.25) is 6.10 Å². The number of carbonyl (C=O) groups is 1. The van der Waals surface area contributed by atoms with E-state index in [2.05, 4.69) is 4.74 Å². The first-order valence-corrected chi connectivity index (χ1v) is 6.89. The molecular weight excluding hydrogens is 301 g/mol. The zero-order valence-electron chi connectivity index (χ0n) is 10.2. The lowest BCUT2D eigenvalue weighted by atomic mass is 10.1. The second-order valence-corrected chi connectivity index (χ2v) is 5.55. The smallest absolute Gasteiger partial charge is 0.426 e. The molecule has 0 fully saturated rings. The van der Waals surface area contributed by atoms with Gasteiger partial charge in [-0.25, -0.2) is 4.79 Å². The number of aryl methyl sites for hydroxylation is 1. The summed E-state index contributed by atoms with van der Waals surface area (Å²) in [4.78, 5) is 11.5. The fourth-order valence-electron chi connectivity index (χ4n) is 1.27. The van der Waals surface area contributed by atoms with Crippen molar-refractivity contribution in [2.75, 3.05) is 5.75 Å². The van der Waals surface area contributed by atoms with E-state index in [-0.39, 0.29) is 5.56 Å². The van der Waals surface area contributed by atoms with Crippen LogP contribution in [0.2, 0.25) is 0 Å². The Morgan fingerprint density at radius 1 is 1.30 bits per heavy atom. The number of hydrogen-bond acceptors (Lipinski definition) is 4. The van der Waals surface area contributed by atoms with Gasteiger partial charge in [-0.1, -0.05) is 17.7 Å². The van der Waals surface area contributed by atoms with Crippen LogP contribution in [0.5, 0.6) is 0 Å². The number of hydrogen-bond donors (Lipinski definition) is 1. The number of ether oxygens (including phenoxy) is 1. The topological polar surface area (TPSA) is 80.7 Å². The summed E-state index contributed by atoms with van der Waals surface area (Å²) in [5.74, 6) is -3.07. The van der Waals surface area contributed by atoms with Gasteiger partial charge >= 0.3 is 12.1 Å². The molecule has 0 heterocycles. The third-order valence-corrected chi connectivity index (χ3v) is 2.99. The third kappa shape index (κ3) is 5.17. The van der Waals surface area contributed by atoms with Gasteiger partial charge in [0.1, 0.15) is 5.75 Å². The van der Waals surface area contributed by atoms with Crippen LogP contribution in [0.15, 0.2) is 24.3 Å². The number of halogens is 3. The van der Waals surface area contributed by atoms with Crippen molar-refractivity contribution in [3.8, 4) is 0 Å². The van der Waals surface area contributed by atoms with Crippen molar-refractivity contribution in [2.24, 2.45) is 0 Å². The summed E-state index contributed by atoms with van der Waals surface area (Å²) < 4.78 is 71.2. The minimum atomic E-state index is -5.10. The van der Waals surface area contributed by atoms with Crippen LogP contribution in [0.1, 0.15) is 15.9 Å². The van der Waals surface area contributed by atoms with E-state index in [0.29, 0.717) is 0 Å². The van der Waals surface area contributed by atoms with E-state index in [1.54, 1.807) is 6.92 Å². The molecule has 0 spiro atoms. The summed E-state index contributed by atoms with van der Waals surface area (Å²) in [6, 6.07) is 5.47. The van der Waals surface area contributed by atoms with Gasteiger partial charge in [0.05, 0.1) is 5.56 Å². The molecule has 0 saturated heterocycles. The lowest BCUT2D eigenvalue weighted by Gasteiger charge is -2.19. The maximum atomic E-state index is 12.5. The fourth-order valence-corrected chi connectivity index (χ4v) is 1.91. The highest BCUT2D eigenvalue weighted by molar-refractivity contribution is 7.85. The molecule has 9 heteroatoms. The Balaban J connectivity index is 2.90. The van der Waals surface area contributed by atoms with Crippen molar-refractivity contribution in [2.45, 2.75) is 19.2 Å². The van der Waals surface area contributed by atoms with Crippen molar-refractivity contribution >= 4 is 16.1 Å². The van der Waals surface area contributed by atoms with Gasteiger partial charge in [-0.2, -0.15) is 21.6 Å². The van der Waals surface area contributed by atoms with Crippen LogP contribution in [0.3, 0.4) is 0 Å². The Kier molecular flexibility index (Phi) is 4.77. The number of benzene rings is 1. The largest absolute Gasteiger partial charge is 0.448 e. The molecule has 0 aliphatic heterocycles. The zero-order chi connectivity index (χ0) is 15.6. The van der Waals surface area contributed by atoms with Crippen LogP contribution in [0, 0.1) is 6.92 Å². The first-order valence-electron chi connectivity index (χ1n) is 5.28. The summed E-state index contributed by atoms with van der Waals surface area (Å²) in [5.41, 5.74) is 0.632. The number of carbonyl (C=O) groups excluding carboxylic acids is 1. The molecule has 1 atom stereocenters. The molecule has 0 aliphatic carbocycles. The van der Waals surface area contributed by atoms with Gasteiger partial charge in [-0.3, -0.25) is 4.55 Å². The molecule has 1 N–H and O–H groups in total. The van der Waals surface area contributed by atoms with Gasteiger partial charge in [0.15, 0.2) is 0 Å². The van der Waals surface area contributed by atoms with Crippen molar-refractivity contribution in [1.82, 2.24) is 0 Å². The molecule has 0 radical (unpaired) electrons. The lowest BCUT2D eigenvalue weighted by molar-refractivity contribution is -0.197. The molecule has 1 unspecified atom stereocenters. The Labute approximate surface area is 113 Å². The molecule has 20 heavy (non-hydrogen) atoms. The van der Waals surface area contributed by atoms with E-state index < -0.39 is 34.1 Å². The zero-order valence-corrected chi connectivity index (χ0v) is 11.0. The number of esters is 1. The summed E-state index contributed by atoms with van der Waals surface area (Å²) in [7, 11) is -4.94. The number of alkyl halides is 3. The quantitative estimate of drug-likeness (QED) is 0.679. The van der Waals surface area contributed by atoms with Crippen LogP contribution < -0.4 is 0 Å². The molecular formula is C11H11F3O5S. The first-order chi connectivity index (χ1) is 8.99. The molecule has 1 aromatic rings. The molecule has 1 rings (SSSR count). The maximum Gasteiger partial charge on any atom is 0.426 e. The second kappa shape index (κ2) is 5.80. The van der Waals surface area contributed by atoms with Crippen molar-refractivity contribution in [3.05, 3.63) is 35.4 Å². The van der Waals surface area contributed by atoms with Gasteiger partial charge in [0.25, 0.3) is 10.1 Å². The maximum absolute atomic E-state index is 12.5. The highest BCUT2D eigenvalue weighted by atomic mass is 32.2. The first kappa shape index (κ1) is 16.4. The average Bonchev–Trinajstić information content (AvgIpc) is 2.25. The monoisotopic (exact) mass is 312 g/mol. The predicted octanol–water partition coefficient (Wildman–Crippen LogP) is 1.97. The van der Waals surface area contributed by atoms with Gasteiger partial charge in [0, 0.05) is 0 Å². The van der Waals surface area contributed by atoms with E-state index in [9.17, 15) is 26.4 Å². The fraction of sp³-hybridized carbons (Fsp3) is 0.364. The van der Waals surface area contributed by atoms with Gasteiger partial charge < -0.3 is 4.74 Å². The molecule has 5 nitrogen and oxygen atoms in total. The van der Waals surface area contributed by atoms with Crippen LogP contribution in [-0.4, -0.2) is 37.0 Å². The Morgan fingerprint density at radius 3 is 2.20 bits per heavy atom. The van der Waals surface area contributed by atoms with Gasteiger partial charge in [-0.05, 0) is 19.1 Å². The van der Waals surface area contributed by atoms with Gasteiger partial charge in [-0.15, -0.1) is 0 Å². The second-order valence-electron chi connectivity index (χ2n) is 4.05. The van der Waals surface area contributed by atoms with E-state index in [1.165, 1.54) is 24.3 Å². The molecule has 1 aromatic carbocycles. The molecule has 0 aliphatic rings. The highest BCUT2D eigenvalue weighted by Crippen LogP contribution is 2.25. The van der Waals surface area contributed by atoms with Crippen LogP contribution in [-0.2, 0) is 14.9 Å². The predicted molar refractivity (Wildman–Crippen MR) is 62.9 cm³/mol. The Bertz CT molecular complexity index is 577. The minimum absolute atomic E-state index is 0.153. The van der Waals surface area contributed by atoms with Crippen LogP contribution in [0.4, 0.5) is 13.2 Å². The highest BCUT2D eigenvalue weighted by Gasteiger charge is 2.45. The van der Waals surface area contributed by atoms with E-state index in [4.69, 9.17) is 4.55 Å².